The Morgan fingerprint density at radius 2 is 2.14 bits per heavy atom. The van der Waals surface area contributed by atoms with E-state index in [1.54, 1.807) is 0 Å². The van der Waals surface area contributed by atoms with E-state index in [2.05, 4.69) is 14.7 Å². The number of nitrogens with zero attached hydrogens (tertiary/aromatic N) is 2. The topological polar surface area (TPSA) is 65.2 Å². The van der Waals surface area contributed by atoms with Crippen molar-refractivity contribution >= 4 is 39.8 Å². The van der Waals surface area contributed by atoms with Crippen molar-refractivity contribution in [2.24, 2.45) is 0 Å². The fraction of sp³-hybridized carbons (Fsp3) is 0.267. The van der Waals surface area contributed by atoms with Crippen molar-refractivity contribution in [2.45, 2.75) is 18.4 Å². The second kappa shape index (κ2) is 5.73. The molecular formula is C15H14N2O3S. The fourth-order valence-electron chi connectivity index (χ4n) is 2.10. The molecule has 6 heteroatoms. The van der Waals surface area contributed by atoms with E-state index >= 15 is 0 Å². The second-order valence-corrected chi connectivity index (χ2v) is 5.61. The van der Waals surface area contributed by atoms with Crippen LogP contribution >= 0.6 is 11.8 Å². The lowest BCUT2D eigenvalue weighted by Gasteiger charge is -2.02. The normalized spacial score (nSPS) is 11.1. The van der Waals surface area contributed by atoms with Gasteiger partial charge in [0.15, 0.2) is 5.58 Å². The van der Waals surface area contributed by atoms with Gasteiger partial charge in [0.25, 0.3) is 0 Å². The van der Waals surface area contributed by atoms with Gasteiger partial charge < -0.3 is 9.15 Å². The van der Waals surface area contributed by atoms with E-state index in [1.807, 2.05) is 31.2 Å². The Balaban J connectivity index is 1.99. The van der Waals surface area contributed by atoms with Crippen LogP contribution in [0.1, 0.15) is 12.2 Å². The van der Waals surface area contributed by atoms with Gasteiger partial charge in [-0.05, 0) is 19.1 Å². The van der Waals surface area contributed by atoms with Gasteiger partial charge in [0.2, 0.25) is 0 Å². The number of carbonyl (C=O) groups excluding carboxylic acids is 1. The van der Waals surface area contributed by atoms with Gasteiger partial charge in [0, 0.05) is 11.1 Å². The van der Waals surface area contributed by atoms with E-state index in [-0.39, 0.29) is 5.97 Å². The van der Waals surface area contributed by atoms with Crippen LogP contribution in [-0.4, -0.2) is 28.8 Å². The first-order chi connectivity index (χ1) is 10.2. The molecule has 0 saturated heterocycles. The van der Waals surface area contributed by atoms with Gasteiger partial charge in [-0.25, -0.2) is 9.97 Å². The fourth-order valence-corrected chi connectivity index (χ4v) is 3.03. The van der Waals surface area contributed by atoms with Crippen LogP contribution < -0.4 is 0 Å². The number of rotatable bonds is 4. The van der Waals surface area contributed by atoms with Crippen molar-refractivity contribution in [2.75, 3.05) is 12.9 Å². The molecule has 3 aromatic rings. The summed E-state index contributed by atoms with van der Waals surface area (Å²) in [5.74, 6) is 1.05. The highest BCUT2D eigenvalue weighted by Gasteiger charge is 2.15. The molecule has 5 nitrogen and oxygen atoms in total. The van der Waals surface area contributed by atoms with Crippen LogP contribution in [0.15, 0.2) is 33.7 Å². The smallest absolute Gasteiger partial charge is 0.306 e. The maximum Gasteiger partial charge on any atom is 0.306 e. The Morgan fingerprint density at radius 1 is 1.33 bits per heavy atom. The van der Waals surface area contributed by atoms with E-state index in [0.717, 1.165) is 21.5 Å². The van der Waals surface area contributed by atoms with E-state index in [1.165, 1.54) is 18.9 Å². The van der Waals surface area contributed by atoms with Crippen LogP contribution in [0.3, 0.4) is 0 Å². The molecule has 0 fully saturated rings. The maximum absolute atomic E-state index is 11.2. The van der Waals surface area contributed by atoms with Crippen LogP contribution in [0.2, 0.25) is 0 Å². The summed E-state index contributed by atoms with van der Waals surface area (Å²) in [5, 5.41) is 1.74. The third-order valence-electron chi connectivity index (χ3n) is 3.07. The van der Waals surface area contributed by atoms with Crippen molar-refractivity contribution in [1.82, 2.24) is 9.97 Å². The molecule has 0 spiro atoms. The molecule has 3 rings (SSSR count). The summed E-state index contributed by atoms with van der Waals surface area (Å²) >= 11 is 1.48. The molecule has 0 aliphatic carbocycles. The molecule has 2 aromatic heterocycles. The second-order valence-electron chi connectivity index (χ2n) is 4.53. The highest BCUT2D eigenvalue weighted by atomic mass is 32.2. The first kappa shape index (κ1) is 13.9. The van der Waals surface area contributed by atoms with Crippen molar-refractivity contribution in [3.63, 3.8) is 0 Å². The number of furan rings is 1. The van der Waals surface area contributed by atoms with Crippen LogP contribution in [0.4, 0.5) is 0 Å². The predicted molar refractivity (Wildman–Crippen MR) is 81.4 cm³/mol. The Morgan fingerprint density at radius 3 is 2.95 bits per heavy atom. The number of aromatic nitrogens is 2. The van der Waals surface area contributed by atoms with Crippen molar-refractivity contribution in [3.8, 4) is 0 Å². The minimum Gasteiger partial charge on any atom is -0.469 e. The maximum atomic E-state index is 11.2. The Kier molecular flexibility index (Phi) is 3.79. The van der Waals surface area contributed by atoms with E-state index < -0.39 is 0 Å². The molecule has 108 valence electrons. The minimum absolute atomic E-state index is 0.228. The molecule has 21 heavy (non-hydrogen) atoms. The molecule has 2 heterocycles. The van der Waals surface area contributed by atoms with Gasteiger partial charge in [-0.2, -0.15) is 0 Å². The van der Waals surface area contributed by atoms with Gasteiger partial charge in [0.1, 0.15) is 22.0 Å². The molecule has 0 aliphatic heterocycles. The Hall–Kier alpha value is -2.08. The summed E-state index contributed by atoms with van der Waals surface area (Å²) in [6, 6.07) is 7.78. The molecular weight excluding hydrogens is 288 g/mol. The number of methoxy groups -OCH3 is 1. The summed E-state index contributed by atoms with van der Waals surface area (Å²) in [4.78, 5) is 20.1. The van der Waals surface area contributed by atoms with Crippen LogP contribution in [-0.2, 0) is 9.53 Å². The SMILES string of the molecule is COC(=O)CCSc1nc(C)nc2c1oc1ccccc12. The number of aryl methyl sites for hydroxylation is 1. The van der Waals surface area contributed by atoms with Gasteiger partial charge in [-0.15, -0.1) is 11.8 Å². The lowest BCUT2D eigenvalue weighted by molar-refractivity contribution is -0.140. The Bertz CT molecular complexity index is 813. The number of carbonyl (C=O) groups is 1. The van der Waals surface area contributed by atoms with Gasteiger partial charge in [-0.3, -0.25) is 4.79 Å². The highest BCUT2D eigenvalue weighted by molar-refractivity contribution is 7.99. The average molecular weight is 302 g/mol. The van der Waals surface area contributed by atoms with Crippen molar-refractivity contribution in [1.29, 1.82) is 0 Å². The predicted octanol–water partition coefficient (Wildman–Crippen LogP) is 3.34. The largest absolute Gasteiger partial charge is 0.469 e. The summed E-state index contributed by atoms with van der Waals surface area (Å²) in [6.45, 7) is 1.85. The van der Waals surface area contributed by atoms with Gasteiger partial charge in [0.05, 0.1) is 13.5 Å². The standard InChI is InChI=1S/C15H14N2O3S/c1-9-16-13-10-5-3-4-6-11(10)20-14(13)15(17-9)21-8-7-12(18)19-2/h3-6H,7-8H2,1-2H3. The molecule has 0 aliphatic rings. The number of hydrogen-bond donors (Lipinski definition) is 0. The molecule has 0 atom stereocenters. The van der Waals surface area contributed by atoms with Crippen molar-refractivity contribution in [3.05, 3.63) is 30.1 Å². The first-order valence-corrected chi connectivity index (χ1v) is 7.53. The van der Waals surface area contributed by atoms with E-state index in [9.17, 15) is 4.79 Å². The van der Waals surface area contributed by atoms with Crippen LogP contribution in [0.5, 0.6) is 0 Å². The Labute approximate surface area is 125 Å². The summed E-state index contributed by atoms with van der Waals surface area (Å²) in [7, 11) is 1.39. The number of esters is 1. The first-order valence-electron chi connectivity index (χ1n) is 6.54. The van der Waals surface area contributed by atoms with Gasteiger partial charge >= 0.3 is 5.97 Å². The summed E-state index contributed by atoms with van der Waals surface area (Å²) < 4.78 is 10.5. The quantitative estimate of drug-likeness (QED) is 0.418. The zero-order valence-electron chi connectivity index (χ0n) is 11.8. The number of para-hydroxylation sites is 1. The summed E-state index contributed by atoms with van der Waals surface area (Å²) in [6.07, 6.45) is 0.339. The lowest BCUT2D eigenvalue weighted by Crippen LogP contribution is -2.01. The third kappa shape index (κ3) is 2.71. The zero-order chi connectivity index (χ0) is 14.8. The van der Waals surface area contributed by atoms with Crippen LogP contribution in [0.25, 0.3) is 22.1 Å². The molecule has 0 radical (unpaired) electrons. The van der Waals surface area contributed by atoms with Crippen LogP contribution in [0, 0.1) is 6.92 Å². The lowest BCUT2D eigenvalue weighted by atomic mass is 10.2. The highest BCUT2D eigenvalue weighted by Crippen LogP contribution is 2.33. The third-order valence-corrected chi connectivity index (χ3v) is 4.03. The average Bonchev–Trinajstić information content (AvgIpc) is 2.86. The monoisotopic (exact) mass is 302 g/mol. The number of thioether (sulfide) groups is 1. The zero-order valence-corrected chi connectivity index (χ0v) is 12.6. The number of ether oxygens (including phenoxy) is 1. The molecule has 0 N–H and O–H groups in total. The molecule has 0 bridgehead atoms. The summed E-state index contributed by atoms with van der Waals surface area (Å²) in [5.41, 5.74) is 2.29. The van der Waals surface area contributed by atoms with Gasteiger partial charge in [-0.1, -0.05) is 12.1 Å². The molecule has 0 saturated carbocycles. The molecule has 0 amide bonds. The minimum atomic E-state index is -0.228. The number of hydrogen-bond acceptors (Lipinski definition) is 6. The number of fused-ring (bicyclic) bond motifs is 3. The van der Waals surface area contributed by atoms with E-state index in [0.29, 0.717) is 23.6 Å². The van der Waals surface area contributed by atoms with E-state index in [4.69, 9.17) is 4.42 Å². The number of benzene rings is 1. The van der Waals surface area contributed by atoms with Crippen molar-refractivity contribution < 1.29 is 13.9 Å². The molecule has 0 unspecified atom stereocenters. The molecule has 1 aromatic carbocycles.